The summed E-state index contributed by atoms with van der Waals surface area (Å²) in [6.07, 6.45) is 0. The van der Waals surface area contributed by atoms with Crippen molar-refractivity contribution in [3.8, 4) is 45.3 Å². The standard InChI is InChI=1S/C51H32N4O2/c1-4-14-34(15-5-1)49-52-50(35-16-6-2-7-17-35)54-51(53-49)36-28-31-41-42-22-12-21-39(47(42)57-46(41)32-36)33-26-29-38(30-27-33)55(37-18-8-3-9-19-37)44-24-13-23-43-40-20-10-11-25-45(40)56-48(43)44/h1-32H. The van der Waals surface area contributed by atoms with Crippen LogP contribution < -0.4 is 4.90 Å². The number of furan rings is 2. The molecule has 268 valence electrons. The molecule has 0 spiro atoms. The van der Waals surface area contributed by atoms with Crippen molar-refractivity contribution in [2.24, 2.45) is 0 Å². The fourth-order valence-corrected chi connectivity index (χ4v) is 7.81. The molecule has 0 bridgehead atoms. The lowest BCUT2D eigenvalue weighted by molar-refractivity contribution is 0.669. The molecule has 0 unspecified atom stereocenters. The highest BCUT2D eigenvalue weighted by Crippen LogP contribution is 2.43. The van der Waals surface area contributed by atoms with E-state index in [4.69, 9.17) is 23.8 Å². The second-order valence-electron chi connectivity index (χ2n) is 14.0. The van der Waals surface area contributed by atoms with Crippen LogP contribution in [0.1, 0.15) is 0 Å². The molecule has 11 rings (SSSR count). The summed E-state index contributed by atoms with van der Waals surface area (Å²) in [7, 11) is 0. The molecule has 0 atom stereocenters. The van der Waals surface area contributed by atoms with E-state index in [0.29, 0.717) is 17.5 Å². The number of aromatic nitrogens is 3. The van der Waals surface area contributed by atoms with E-state index in [1.807, 2.05) is 84.9 Å². The van der Waals surface area contributed by atoms with Gasteiger partial charge in [-0.15, -0.1) is 0 Å². The van der Waals surface area contributed by atoms with Gasteiger partial charge in [-0.1, -0.05) is 146 Å². The molecular weight excluding hydrogens is 701 g/mol. The molecule has 0 aliphatic carbocycles. The summed E-state index contributed by atoms with van der Waals surface area (Å²) in [6.45, 7) is 0. The first kappa shape index (κ1) is 32.6. The van der Waals surface area contributed by atoms with Crippen LogP contribution in [-0.2, 0) is 0 Å². The first-order chi connectivity index (χ1) is 28.2. The van der Waals surface area contributed by atoms with Gasteiger partial charge in [-0.2, -0.15) is 0 Å². The molecule has 8 aromatic carbocycles. The van der Waals surface area contributed by atoms with Gasteiger partial charge < -0.3 is 13.7 Å². The third kappa shape index (κ3) is 5.70. The van der Waals surface area contributed by atoms with Crippen LogP contribution in [0.3, 0.4) is 0 Å². The van der Waals surface area contributed by atoms with Crippen molar-refractivity contribution in [1.82, 2.24) is 15.0 Å². The lowest BCUT2D eigenvalue weighted by Gasteiger charge is -2.25. The molecule has 57 heavy (non-hydrogen) atoms. The van der Waals surface area contributed by atoms with Gasteiger partial charge in [0.15, 0.2) is 23.1 Å². The molecular formula is C51H32N4O2. The number of rotatable bonds is 7. The summed E-state index contributed by atoms with van der Waals surface area (Å²) in [4.78, 5) is 17.0. The summed E-state index contributed by atoms with van der Waals surface area (Å²) in [6, 6.07) is 66.2. The van der Waals surface area contributed by atoms with Crippen molar-refractivity contribution in [1.29, 1.82) is 0 Å². The van der Waals surface area contributed by atoms with Gasteiger partial charge in [0, 0.05) is 55.2 Å². The molecule has 0 N–H and O–H groups in total. The van der Waals surface area contributed by atoms with E-state index in [1.165, 1.54) is 0 Å². The molecule has 0 aliphatic heterocycles. The van der Waals surface area contributed by atoms with E-state index in [2.05, 4.69) is 114 Å². The summed E-state index contributed by atoms with van der Waals surface area (Å²) in [5.41, 5.74) is 11.1. The Morgan fingerprint density at radius 3 is 1.54 bits per heavy atom. The molecule has 0 radical (unpaired) electrons. The van der Waals surface area contributed by atoms with Crippen LogP contribution in [0, 0.1) is 0 Å². The Bertz CT molecular complexity index is 3170. The van der Waals surface area contributed by atoms with E-state index in [-0.39, 0.29) is 0 Å². The van der Waals surface area contributed by atoms with Gasteiger partial charge in [-0.05, 0) is 54.1 Å². The molecule has 0 amide bonds. The zero-order chi connectivity index (χ0) is 37.7. The quantitative estimate of drug-likeness (QED) is 0.162. The molecule has 6 heteroatoms. The first-order valence-electron chi connectivity index (χ1n) is 18.9. The lowest BCUT2D eigenvalue weighted by Crippen LogP contribution is -2.10. The number of anilines is 3. The van der Waals surface area contributed by atoms with E-state index in [1.54, 1.807) is 0 Å². The molecule has 0 saturated heterocycles. The number of hydrogen-bond donors (Lipinski definition) is 0. The molecule has 3 heterocycles. The van der Waals surface area contributed by atoms with Crippen LogP contribution in [0.5, 0.6) is 0 Å². The Hall–Kier alpha value is -7.83. The average Bonchev–Trinajstić information content (AvgIpc) is 3.86. The fourth-order valence-electron chi connectivity index (χ4n) is 7.81. The van der Waals surface area contributed by atoms with Crippen molar-refractivity contribution in [3.63, 3.8) is 0 Å². The minimum atomic E-state index is 0.585. The Morgan fingerprint density at radius 2 is 0.842 bits per heavy atom. The largest absolute Gasteiger partial charge is 0.455 e. The number of hydrogen-bond acceptors (Lipinski definition) is 6. The van der Waals surface area contributed by atoms with Gasteiger partial charge in [0.1, 0.15) is 16.7 Å². The molecule has 6 nitrogen and oxygen atoms in total. The SMILES string of the molecule is c1ccc(-c2nc(-c3ccccc3)nc(-c3ccc4c(c3)oc3c(-c5ccc(N(c6ccccc6)c6cccc7c6oc6ccccc67)cc5)cccc34)n2)cc1. The van der Waals surface area contributed by atoms with Crippen molar-refractivity contribution in [2.75, 3.05) is 4.90 Å². The highest BCUT2D eigenvalue weighted by molar-refractivity contribution is 6.11. The van der Waals surface area contributed by atoms with Gasteiger partial charge in [0.2, 0.25) is 0 Å². The topological polar surface area (TPSA) is 68.2 Å². The molecule has 11 aromatic rings. The Balaban J connectivity index is 0.995. The van der Waals surface area contributed by atoms with E-state index >= 15 is 0 Å². The summed E-state index contributed by atoms with van der Waals surface area (Å²) in [5, 5.41) is 4.27. The van der Waals surface area contributed by atoms with Gasteiger partial charge in [-0.25, -0.2) is 15.0 Å². The zero-order valence-corrected chi connectivity index (χ0v) is 30.6. The van der Waals surface area contributed by atoms with Gasteiger partial charge >= 0.3 is 0 Å². The highest BCUT2D eigenvalue weighted by Gasteiger charge is 2.20. The molecule has 0 saturated carbocycles. The Labute approximate surface area is 328 Å². The lowest BCUT2D eigenvalue weighted by atomic mass is 10.0. The van der Waals surface area contributed by atoms with Crippen LogP contribution in [0.2, 0.25) is 0 Å². The monoisotopic (exact) mass is 732 g/mol. The smallest absolute Gasteiger partial charge is 0.164 e. The third-order valence-corrected chi connectivity index (χ3v) is 10.5. The maximum atomic E-state index is 6.73. The summed E-state index contributed by atoms with van der Waals surface area (Å²) in [5.74, 6) is 1.83. The number of nitrogens with zero attached hydrogens (tertiary/aromatic N) is 4. The second kappa shape index (κ2) is 13.5. The first-order valence-corrected chi connectivity index (χ1v) is 18.9. The normalized spacial score (nSPS) is 11.5. The van der Waals surface area contributed by atoms with Crippen LogP contribution in [0.4, 0.5) is 17.1 Å². The van der Waals surface area contributed by atoms with E-state index in [0.717, 1.165) is 88.8 Å². The van der Waals surface area contributed by atoms with Crippen molar-refractivity contribution >= 4 is 60.9 Å². The van der Waals surface area contributed by atoms with Crippen molar-refractivity contribution < 1.29 is 8.83 Å². The minimum Gasteiger partial charge on any atom is -0.455 e. The Morgan fingerprint density at radius 1 is 0.333 bits per heavy atom. The van der Waals surface area contributed by atoms with E-state index < -0.39 is 0 Å². The van der Waals surface area contributed by atoms with Crippen LogP contribution in [0.15, 0.2) is 203 Å². The van der Waals surface area contributed by atoms with Crippen LogP contribution >= 0.6 is 0 Å². The second-order valence-corrected chi connectivity index (χ2v) is 14.0. The summed E-state index contributed by atoms with van der Waals surface area (Å²) >= 11 is 0. The minimum absolute atomic E-state index is 0.585. The van der Waals surface area contributed by atoms with E-state index in [9.17, 15) is 0 Å². The number of para-hydroxylation sites is 4. The molecule has 0 aliphatic rings. The fraction of sp³-hybridized carbons (Fsp3) is 0. The number of benzene rings is 8. The maximum absolute atomic E-state index is 6.73. The van der Waals surface area contributed by atoms with Crippen LogP contribution in [-0.4, -0.2) is 15.0 Å². The Kier molecular flexibility index (Phi) is 7.71. The maximum Gasteiger partial charge on any atom is 0.164 e. The highest BCUT2D eigenvalue weighted by atomic mass is 16.3. The predicted molar refractivity (Wildman–Crippen MR) is 231 cm³/mol. The van der Waals surface area contributed by atoms with Gasteiger partial charge in [0.25, 0.3) is 0 Å². The van der Waals surface area contributed by atoms with Crippen molar-refractivity contribution in [3.05, 3.63) is 194 Å². The molecule has 0 fully saturated rings. The van der Waals surface area contributed by atoms with Gasteiger partial charge in [-0.3, -0.25) is 0 Å². The van der Waals surface area contributed by atoms with Gasteiger partial charge in [0.05, 0.1) is 5.69 Å². The zero-order valence-electron chi connectivity index (χ0n) is 30.6. The predicted octanol–water partition coefficient (Wildman–Crippen LogP) is 13.8. The van der Waals surface area contributed by atoms with Crippen LogP contribution in [0.25, 0.3) is 89.2 Å². The summed E-state index contributed by atoms with van der Waals surface area (Å²) < 4.78 is 13.2. The average molecular weight is 733 g/mol. The van der Waals surface area contributed by atoms with Crippen molar-refractivity contribution in [2.45, 2.75) is 0 Å². The molecule has 3 aromatic heterocycles. The number of fused-ring (bicyclic) bond motifs is 6. The third-order valence-electron chi connectivity index (χ3n) is 10.5.